The van der Waals surface area contributed by atoms with Gasteiger partial charge in [-0.25, -0.2) is 8.42 Å². The van der Waals surface area contributed by atoms with Crippen molar-refractivity contribution in [3.05, 3.63) is 28.3 Å². The van der Waals surface area contributed by atoms with E-state index in [0.29, 0.717) is 29.4 Å². The Morgan fingerprint density at radius 2 is 1.90 bits per heavy atom. The van der Waals surface area contributed by atoms with Crippen LogP contribution >= 0.6 is 31.9 Å². The second kappa shape index (κ2) is 8.09. The van der Waals surface area contributed by atoms with E-state index >= 15 is 0 Å². The van der Waals surface area contributed by atoms with Crippen molar-refractivity contribution in [1.82, 2.24) is 0 Å². The molecule has 1 aromatic carbocycles. The molecule has 21 heavy (non-hydrogen) atoms. The quantitative estimate of drug-likeness (QED) is 0.351. The number of halogens is 2. The molecule has 9 heteroatoms. The molecule has 1 aromatic rings. The summed E-state index contributed by atoms with van der Waals surface area (Å²) in [6.45, 7) is 2.69. The van der Waals surface area contributed by atoms with Gasteiger partial charge in [-0.15, -0.1) is 0 Å². The molecule has 1 radical (unpaired) electrons. The minimum Gasteiger partial charge on any atom is -0.369 e. The van der Waals surface area contributed by atoms with Gasteiger partial charge in [-0.05, 0) is 6.07 Å². The zero-order valence-corrected chi connectivity index (χ0v) is 15.4. The van der Waals surface area contributed by atoms with E-state index in [0.717, 1.165) is 6.07 Å². The molecule has 1 rings (SSSR count). The lowest BCUT2D eigenvalue weighted by molar-refractivity contribution is -0.385. The van der Waals surface area contributed by atoms with E-state index in [9.17, 15) is 18.5 Å². The summed E-state index contributed by atoms with van der Waals surface area (Å²) in [4.78, 5) is 12.0. The van der Waals surface area contributed by atoms with Gasteiger partial charge < -0.3 is 4.90 Å². The first kappa shape index (κ1) is 18.4. The van der Waals surface area contributed by atoms with Crippen LogP contribution in [0.2, 0.25) is 0 Å². The van der Waals surface area contributed by atoms with Gasteiger partial charge in [0, 0.05) is 29.8 Å². The van der Waals surface area contributed by atoms with E-state index in [1.54, 1.807) is 0 Å². The second-order valence-corrected chi connectivity index (χ2v) is 7.93. The lowest BCUT2D eigenvalue weighted by atomic mass is 10.2. The number of nitro benzene ring substituents is 1. The highest BCUT2D eigenvalue weighted by Gasteiger charge is 2.23. The molecule has 0 heterocycles. The molecule has 0 unspecified atom stereocenters. The fourth-order valence-electron chi connectivity index (χ4n) is 1.77. The molecule has 117 valence electrons. The van der Waals surface area contributed by atoms with E-state index in [4.69, 9.17) is 0 Å². The van der Waals surface area contributed by atoms with Gasteiger partial charge in [0.25, 0.3) is 5.69 Å². The third-order valence-corrected chi connectivity index (χ3v) is 5.30. The van der Waals surface area contributed by atoms with E-state index in [-0.39, 0.29) is 16.3 Å². The normalized spacial score (nSPS) is 11.4. The summed E-state index contributed by atoms with van der Waals surface area (Å²) in [5.74, 6) is -0.113. The van der Waals surface area contributed by atoms with Crippen molar-refractivity contribution in [3.63, 3.8) is 0 Å². The molecule has 6 nitrogen and oxygen atoms in total. The van der Waals surface area contributed by atoms with Gasteiger partial charge in [0.2, 0.25) is 0 Å². The molecule has 0 saturated carbocycles. The van der Waals surface area contributed by atoms with Crippen LogP contribution in [0.1, 0.15) is 6.92 Å². The molecule has 0 bridgehead atoms. The van der Waals surface area contributed by atoms with Crippen LogP contribution in [-0.4, -0.2) is 42.8 Å². The summed E-state index contributed by atoms with van der Waals surface area (Å²) in [6.07, 6.45) is 0. The monoisotopic (exact) mass is 441 g/mol. The maximum atomic E-state index is 12.2. The number of rotatable bonds is 8. The van der Waals surface area contributed by atoms with Crippen molar-refractivity contribution in [3.8, 4) is 0 Å². The Morgan fingerprint density at radius 1 is 1.33 bits per heavy atom. The van der Waals surface area contributed by atoms with Crippen LogP contribution in [0.5, 0.6) is 0 Å². The Morgan fingerprint density at radius 3 is 2.33 bits per heavy atom. The van der Waals surface area contributed by atoms with Gasteiger partial charge in [0.15, 0.2) is 9.84 Å². The highest BCUT2D eigenvalue weighted by atomic mass is 79.9. The van der Waals surface area contributed by atoms with E-state index in [2.05, 4.69) is 37.9 Å². The van der Waals surface area contributed by atoms with Gasteiger partial charge >= 0.3 is 0 Å². The molecular formula is C12H15Br2N2O4S. The number of hydrogen-bond donors (Lipinski definition) is 0. The number of non-ortho nitro benzene ring substituents is 1. The molecule has 0 N–H and O–H groups in total. The highest BCUT2D eigenvalue weighted by Crippen LogP contribution is 2.30. The summed E-state index contributed by atoms with van der Waals surface area (Å²) in [6, 6.07) is 5.00. The Labute approximate surface area is 140 Å². The predicted molar refractivity (Wildman–Crippen MR) is 89.5 cm³/mol. The number of alkyl halides is 2. The van der Waals surface area contributed by atoms with Gasteiger partial charge in [0.05, 0.1) is 27.3 Å². The smallest absolute Gasteiger partial charge is 0.278 e. The molecule has 0 aliphatic rings. The fraction of sp³-hybridized carbons (Fsp3) is 0.500. The van der Waals surface area contributed by atoms with E-state index in [1.807, 2.05) is 4.90 Å². The molecule has 0 fully saturated rings. The second-order valence-electron chi connectivity index (χ2n) is 4.09. The number of benzene rings is 1. The van der Waals surface area contributed by atoms with Crippen LogP contribution in [0.15, 0.2) is 17.0 Å². The minimum atomic E-state index is -3.56. The molecule has 0 spiro atoms. The summed E-state index contributed by atoms with van der Waals surface area (Å²) in [5.41, 5.74) is 0.102. The van der Waals surface area contributed by atoms with Crippen LogP contribution in [0.25, 0.3) is 0 Å². The van der Waals surface area contributed by atoms with Crippen molar-refractivity contribution >= 4 is 53.1 Å². The summed E-state index contributed by atoms with van der Waals surface area (Å²) in [5, 5.41) is 12.2. The lowest BCUT2D eigenvalue weighted by Crippen LogP contribution is -2.29. The average Bonchev–Trinajstić information content (AvgIpc) is 2.46. The maximum Gasteiger partial charge on any atom is 0.278 e. The first-order chi connectivity index (χ1) is 9.87. The number of nitro groups is 1. The Balaban J connectivity index is 3.46. The van der Waals surface area contributed by atoms with Crippen LogP contribution in [0.3, 0.4) is 0 Å². The maximum absolute atomic E-state index is 12.2. The topological polar surface area (TPSA) is 80.5 Å². The summed E-state index contributed by atoms with van der Waals surface area (Å²) >= 11 is 6.64. The van der Waals surface area contributed by atoms with Crippen LogP contribution < -0.4 is 4.90 Å². The predicted octanol–water partition coefficient (Wildman–Crippen LogP) is 2.78. The van der Waals surface area contributed by atoms with Gasteiger partial charge in [-0.3, -0.25) is 10.1 Å². The van der Waals surface area contributed by atoms with E-state index in [1.165, 1.54) is 13.0 Å². The lowest BCUT2D eigenvalue weighted by Gasteiger charge is -2.25. The Kier molecular flexibility index (Phi) is 7.08. The number of sulfone groups is 1. The van der Waals surface area contributed by atoms with Crippen molar-refractivity contribution in [2.24, 2.45) is 0 Å². The largest absolute Gasteiger partial charge is 0.369 e. The minimum absolute atomic E-state index is 0.0163. The SMILES string of the molecule is CCS(=O)(=O)c1cc([N+](=O)[O-])[c]cc1N(CCBr)CCBr. The molecule has 0 saturated heterocycles. The third kappa shape index (κ3) is 4.65. The van der Waals surface area contributed by atoms with Crippen LogP contribution in [0, 0.1) is 16.2 Å². The van der Waals surface area contributed by atoms with Crippen molar-refractivity contribution in [2.45, 2.75) is 11.8 Å². The highest BCUT2D eigenvalue weighted by molar-refractivity contribution is 9.09. The molecule has 0 aliphatic heterocycles. The zero-order chi connectivity index (χ0) is 16.0. The third-order valence-electron chi connectivity index (χ3n) is 2.84. The van der Waals surface area contributed by atoms with Gasteiger partial charge in [-0.2, -0.15) is 0 Å². The fourth-order valence-corrected chi connectivity index (χ4v) is 3.73. The zero-order valence-electron chi connectivity index (χ0n) is 11.4. The first-order valence-corrected chi connectivity index (χ1v) is 10.1. The molecule has 0 atom stereocenters. The summed E-state index contributed by atoms with van der Waals surface area (Å²) < 4.78 is 24.4. The Hall–Kier alpha value is -0.670. The molecule has 0 aromatic heterocycles. The molecule has 0 amide bonds. The van der Waals surface area contributed by atoms with Crippen molar-refractivity contribution < 1.29 is 13.3 Å². The number of anilines is 1. The average molecular weight is 443 g/mol. The molecular weight excluding hydrogens is 428 g/mol. The number of hydrogen-bond acceptors (Lipinski definition) is 5. The molecule has 0 aliphatic carbocycles. The summed E-state index contributed by atoms with van der Waals surface area (Å²) in [7, 11) is -3.56. The van der Waals surface area contributed by atoms with Crippen LogP contribution in [-0.2, 0) is 9.84 Å². The standard InChI is InChI=1S/C12H15Br2N2O4S/c1-2-21(19,20)12-9-10(16(17)18)3-4-11(12)15(7-5-13)8-6-14/h4,9H,2,5-8H2,1H3. The number of nitrogens with zero attached hydrogens (tertiary/aromatic N) is 2. The first-order valence-electron chi connectivity index (χ1n) is 6.17. The van der Waals surface area contributed by atoms with Crippen LogP contribution in [0.4, 0.5) is 11.4 Å². The van der Waals surface area contributed by atoms with Gasteiger partial charge in [0.1, 0.15) is 0 Å². The van der Waals surface area contributed by atoms with E-state index < -0.39 is 14.8 Å². The van der Waals surface area contributed by atoms with Crippen molar-refractivity contribution in [2.75, 3.05) is 34.4 Å². The van der Waals surface area contributed by atoms with Gasteiger partial charge in [-0.1, -0.05) is 38.8 Å². The van der Waals surface area contributed by atoms with Crippen molar-refractivity contribution in [1.29, 1.82) is 0 Å². The Bertz CT molecular complexity index is 601.